The molecule has 8 heteroatoms. The summed E-state index contributed by atoms with van der Waals surface area (Å²) in [7, 11) is -1.07. The Bertz CT molecular complexity index is 1150. The van der Waals surface area contributed by atoms with Crippen LogP contribution in [0.5, 0.6) is 5.75 Å². The normalized spacial score (nSPS) is 11.5. The van der Waals surface area contributed by atoms with Crippen LogP contribution in [0, 0.1) is 27.7 Å². The summed E-state index contributed by atoms with van der Waals surface area (Å²) >= 11 is 0. The lowest BCUT2D eigenvalue weighted by Crippen LogP contribution is -2.19. The van der Waals surface area contributed by atoms with Crippen molar-refractivity contribution in [1.29, 1.82) is 0 Å². The molecule has 0 aliphatic rings. The van der Waals surface area contributed by atoms with Crippen LogP contribution in [0.1, 0.15) is 38.2 Å². The van der Waals surface area contributed by atoms with Crippen LogP contribution in [-0.4, -0.2) is 40.9 Å². The first-order chi connectivity index (χ1) is 14.5. The SMILES string of the molecule is CNS(=O)(=O)c1cc(/C=C/C(=O)OCC(=O)c2cc(C)c(C)c(C)c2C)ccc1OC. The number of hydrogen-bond donors (Lipinski definition) is 1. The van der Waals surface area contributed by atoms with E-state index in [2.05, 4.69) is 4.72 Å². The van der Waals surface area contributed by atoms with Gasteiger partial charge in [-0.25, -0.2) is 17.9 Å². The summed E-state index contributed by atoms with van der Waals surface area (Å²) in [6.07, 6.45) is 2.55. The van der Waals surface area contributed by atoms with Crippen LogP contribution >= 0.6 is 0 Å². The van der Waals surface area contributed by atoms with Crippen molar-refractivity contribution < 1.29 is 27.5 Å². The van der Waals surface area contributed by atoms with Crippen LogP contribution in [0.4, 0.5) is 0 Å². The van der Waals surface area contributed by atoms with E-state index < -0.39 is 16.0 Å². The minimum Gasteiger partial charge on any atom is -0.495 e. The number of carbonyl (C=O) groups excluding carboxylic acids is 2. The molecule has 0 bridgehead atoms. The molecule has 2 aromatic carbocycles. The Labute approximate surface area is 183 Å². The largest absolute Gasteiger partial charge is 0.495 e. The van der Waals surface area contributed by atoms with Gasteiger partial charge in [0.05, 0.1) is 7.11 Å². The summed E-state index contributed by atoms with van der Waals surface area (Å²) in [4.78, 5) is 24.5. The number of aryl methyl sites for hydroxylation is 1. The van der Waals surface area contributed by atoms with Gasteiger partial charge in [0.15, 0.2) is 6.61 Å². The van der Waals surface area contributed by atoms with E-state index in [4.69, 9.17) is 9.47 Å². The predicted octanol–water partition coefficient (Wildman–Crippen LogP) is 3.28. The second kappa shape index (κ2) is 9.89. The third-order valence-corrected chi connectivity index (χ3v) is 6.72. The van der Waals surface area contributed by atoms with Crippen molar-refractivity contribution in [2.45, 2.75) is 32.6 Å². The van der Waals surface area contributed by atoms with E-state index in [0.717, 1.165) is 28.3 Å². The third-order valence-electron chi connectivity index (χ3n) is 5.29. The summed E-state index contributed by atoms with van der Waals surface area (Å²) in [5, 5.41) is 0. The standard InChI is InChI=1S/C23H27NO6S/c1-14-11-19(17(4)16(3)15(14)2)20(25)13-30-23(26)10-8-18-7-9-21(29-6)22(12-18)31(27,28)24-5/h7-12,24H,13H2,1-6H3/b10-8+. The molecule has 0 spiro atoms. The minimum atomic E-state index is -3.74. The van der Waals surface area contributed by atoms with E-state index >= 15 is 0 Å². The number of carbonyl (C=O) groups is 2. The molecule has 2 rings (SSSR count). The van der Waals surface area contributed by atoms with Crippen molar-refractivity contribution in [3.8, 4) is 5.75 Å². The number of ketones is 1. The number of benzene rings is 2. The number of sulfonamides is 1. The summed E-state index contributed by atoms with van der Waals surface area (Å²) in [6.45, 7) is 7.39. The van der Waals surface area contributed by atoms with Gasteiger partial charge >= 0.3 is 5.97 Å². The highest BCUT2D eigenvalue weighted by Gasteiger charge is 2.18. The number of methoxy groups -OCH3 is 1. The van der Waals surface area contributed by atoms with E-state index in [1.54, 1.807) is 6.07 Å². The molecule has 0 amide bonds. The van der Waals surface area contributed by atoms with Gasteiger partial charge in [-0.05, 0) is 86.8 Å². The van der Waals surface area contributed by atoms with E-state index in [1.807, 2.05) is 33.8 Å². The second-order valence-corrected chi connectivity index (χ2v) is 8.95. The average molecular weight is 446 g/mol. The van der Waals surface area contributed by atoms with Gasteiger partial charge in [0.25, 0.3) is 0 Å². The molecule has 0 saturated heterocycles. The van der Waals surface area contributed by atoms with E-state index in [1.165, 1.54) is 32.4 Å². The Morgan fingerprint density at radius 1 is 1.03 bits per heavy atom. The number of ether oxygens (including phenoxy) is 2. The predicted molar refractivity (Wildman–Crippen MR) is 119 cm³/mol. The quantitative estimate of drug-likeness (QED) is 0.380. The van der Waals surface area contributed by atoms with Gasteiger partial charge in [-0.3, -0.25) is 4.79 Å². The highest BCUT2D eigenvalue weighted by molar-refractivity contribution is 7.89. The summed E-state index contributed by atoms with van der Waals surface area (Å²) < 4.78 is 36.7. The zero-order valence-electron chi connectivity index (χ0n) is 18.5. The number of rotatable bonds is 8. The summed E-state index contributed by atoms with van der Waals surface area (Å²) in [5.41, 5.74) is 5.04. The van der Waals surface area contributed by atoms with Crippen molar-refractivity contribution in [3.63, 3.8) is 0 Å². The van der Waals surface area contributed by atoms with Crippen LogP contribution in [0.15, 0.2) is 35.2 Å². The van der Waals surface area contributed by atoms with Crippen molar-refractivity contribution in [2.24, 2.45) is 0 Å². The molecule has 0 aromatic heterocycles. The Hall–Kier alpha value is -2.97. The van der Waals surface area contributed by atoms with Crippen LogP contribution in [0.25, 0.3) is 6.08 Å². The molecule has 0 saturated carbocycles. The molecule has 7 nitrogen and oxygen atoms in total. The van der Waals surface area contributed by atoms with Gasteiger partial charge in [0.1, 0.15) is 10.6 Å². The highest BCUT2D eigenvalue weighted by atomic mass is 32.2. The van der Waals surface area contributed by atoms with Crippen LogP contribution in [0.3, 0.4) is 0 Å². The lowest BCUT2D eigenvalue weighted by Gasteiger charge is -2.13. The molecular weight excluding hydrogens is 418 g/mol. The maximum absolute atomic E-state index is 12.5. The number of Topliss-reactive ketones (excluding diaryl/α,β-unsaturated/α-hetero) is 1. The molecule has 0 heterocycles. The number of hydrogen-bond acceptors (Lipinski definition) is 6. The topological polar surface area (TPSA) is 98.8 Å². The van der Waals surface area contributed by atoms with Crippen LogP contribution in [0.2, 0.25) is 0 Å². The van der Waals surface area contributed by atoms with E-state index in [0.29, 0.717) is 11.1 Å². The van der Waals surface area contributed by atoms with E-state index in [9.17, 15) is 18.0 Å². The van der Waals surface area contributed by atoms with Gasteiger partial charge in [-0.2, -0.15) is 0 Å². The van der Waals surface area contributed by atoms with Crippen LogP contribution in [-0.2, 0) is 19.6 Å². The minimum absolute atomic E-state index is 0.0521. The zero-order valence-corrected chi connectivity index (χ0v) is 19.3. The molecule has 1 N–H and O–H groups in total. The second-order valence-electron chi connectivity index (χ2n) is 7.10. The average Bonchev–Trinajstić information content (AvgIpc) is 2.76. The van der Waals surface area contributed by atoms with Crippen molar-refractivity contribution in [3.05, 3.63) is 63.7 Å². The lowest BCUT2D eigenvalue weighted by atomic mass is 9.93. The van der Waals surface area contributed by atoms with E-state index in [-0.39, 0.29) is 23.0 Å². The molecule has 0 radical (unpaired) electrons. The Balaban J connectivity index is 2.12. The van der Waals surface area contributed by atoms with Gasteiger partial charge in [0, 0.05) is 11.6 Å². The fourth-order valence-corrected chi connectivity index (χ4v) is 3.97. The zero-order chi connectivity index (χ0) is 23.3. The fourth-order valence-electron chi connectivity index (χ4n) is 3.05. The third kappa shape index (κ3) is 5.59. The fraction of sp³-hybridized carbons (Fsp3) is 0.304. The Kier molecular flexibility index (Phi) is 7.75. The monoisotopic (exact) mass is 445 g/mol. The molecule has 0 aliphatic heterocycles. The maximum Gasteiger partial charge on any atom is 0.331 e. The molecule has 166 valence electrons. The molecule has 0 unspecified atom stereocenters. The first-order valence-electron chi connectivity index (χ1n) is 9.58. The first-order valence-corrected chi connectivity index (χ1v) is 11.1. The van der Waals surface area contributed by atoms with Crippen molar-refractivity contribution in [2.75, 3.05) is 20.8 Å². The van der Waals surface area contributed by atoms with Crippen molar-refractivity contribution in [1.82, 2.24) is 4.72 Å². The molecule has 0 aliphatic carbocycles. The van der Waals surface area contributed by atoms with Crippen LogP contribution < -0.4 is 9.46 Å². The Morgan fingerprint density at radius 3 is 2.32 bits per heavy atom. The summed E-state index contributed by atoms with van der Waals surface area (Å²) in [5.74, 6) is -0.809. The smallest absolute Gasteiger partial charge is 0.331 e. The van der Waals surface area contributed by atoms with Gasteiger partial charge in [-0.15, -0.1) is 0 Å². The molecular formula is C23H27NO6S. The molecule has 0 atom stereocenters. The van der Waals surface area contributed by atoms with Gasteiger partial charge in [0.2, 0.25) is 15.8 Å². The molecule has 0 fully saturated rings. The number of nitrogens with one attached hydrogen (secondary N) is 1. The van der Waals surface area contributed by atoms with Gasteiger partial charge < -0.3 is 9.47 Å². The van der Waals surface area contributed by atoms with Gasteiger partial charge in [-0.1, -0.05) is 6.07 Å². The molecule has 31 heavy (non-hydrogen) atoms. The lowest BCUT2D eigenvalue weighted by molar-refractivity contribution is -0.136. The highest BCUT2D eigenvalue weighted by Crippen LogP contribution is 2.25. The summed E-state index contributed by atoms with van der Waals surface area (Å²) in [6, 6.07) is 6.28. The molecule has 2 aromatic rings. The van der Waals surface area contributed by atoms with Crippen molar-refractivity contribution >= 4 is 27.9 Å². The first kappa shape index (κ1) is 24.3. The maximum atomic E-state index is 12.5. The Morgan fingerprint density at radius 2 is 1.71 bits per heavy atom. The number of esters is 1.